The second kappa shape index (κ2) is 4.24. The van der Waals surface area contributed by atoms with E-state index in [1.165, 1.54) is 0 Å². The van der Waals surface area contributed by atoms with Crippen LogP contribution in [0.1, 0.15) is 34.6 Å². The van der Waals surface area contributed by atoms with Crippen LogP contribution in [0.4, 0.5) is 0 Å². The number of nitrogens with zero attached hydrogens (tertiary/aromatic N) is 1. The Morgan fingerprint density at radius 1 is 1.33 bits per heavy atom. The van der Waals surface area contributed by atoms with Gasteiger partial charge >= 0.3 is 0 Å². The predicted octanol–water partition coefficient (Wildman–Crippen LogP) is 3.58. The second-order valence-corrected chi connectivity index (χ2v) is 3.95. The third kappa shape index (κ3) is 4.12. The van der Waals surface area contributed by atoms with Crippen molar-refractivity contribution in [3.63, 3.8) is 0 Å². The van der Waals surface area contributed by atoms with Gasteiger partial charge in [-0.2, -0.15) is 0 Å². The molecule has 0 aliphatic rings. The molecule has 0 radical (unpaired) electrons. The van der Waals surface area contributed by atoms with E-state index in [9.17, 15) is 0 Å². The first-order valence-electron chi connectivity index (χ1n) is 4.24. The van der Waals surface area contributed by atoms with Crippen LogP contribution in [0.2, 0.25) is 0 Å². The minimum absolute atomic E-state index is 0.143. The summed E-state index contributed by atoms with van der Waals surface area (Å²) in [5.41, 5.74) is 2.27. The van der Waals surface area contributed by atoms with Gasteiger partial charge in [0.2, 0.25) is 0 Å². The summed E-state index contributed by atoms with van der Waals surface area (Å²) in [5.74, 6) is 0. The molecular formula is C11H19N. The van der Waals surface area contributed by atoms with Gasteiger partial charge in [0, 0.05) is 11.9 Å². The summed E-state index contributed by atoms with van der Waals surface area (Å²) in [5, 5.41) is 0. The summed E-state index contributed by atoms with van der Waals surface area (Å²) < 4.78 is 0. The zero-order valence-corrected chi connectivity index (χ0v) is 8.81. The molecule has 0 amide bonds. The van der Waals surface area contributed by atoms with Crippen molar-refractivity contribution in [3.05, 3.63) is 23.9 Å². The van der Waals surface area contributed by atoms with Crippen molar-refractivity contribution in [1.29, 1.82) is 0 Å². The van der Waals surface area contributed by atoms with Crippen LogP contribution in [0.5, 0.6) is 0 Å². The molecule has 0 aliphatic carbocycles. The van der Waals surface area contributed by atoms with Crippen LogP contribution in [0, 0.1) is 5.41 Å². The average molecular weight is 165 g/mol. The molecule has 0 unspecified atom stereocenters. The number of hydrogen-bond acceptors (Lipinski definition) is 1. The van der Waals surface area contributed by atoms with Crippen molar-refractivity contribution in [2.24, 2.45) is 10.4 Å². The Bertz CT molecular complexity index is 214. The minimum atomic E-state index is 0.143. The molecule has 0 saturated heterocycles. The minimum Gasteiger partial charge on any atom is -0.266 e. The van der Waals surface area contributed by atoms with E-state index < -0.39 is 0 Å². The fourth-order valence-electron chi connectivity index (χ4n) is 0.710. The summed E-state index contributed by atoms with van der Waals surface area (Å²) in [6.07, 6.45) is 3.82. The van der Waals surface area contributed by atoms with E-state index in [-0.39, 0.29) is 5.41 Å². The molecule has 0 aliphatic heterocycles. The van der Waals surface area contributed by atoms with E-state index >= 15 is 0 Å². The molecule has 1 heteroatoms. The van der Waals surface area contributed by atoms with Crippen molar-refractivity contribution in [2.75, 3.05) is 0 Å². The highest BCUT2D eigenvalue weighted by Gasteiger charge is 2.12. The van der Waals surface area contributed by atoms with Crippen molar-refractivity contribution in [1.82, 2.24) is 0 Å². The highest BCUT2D eigenvalue weighted by atomic mass is 14.7. The summed E-state index contributed by atoms with van der Waals surface area (Å²) >= 11 is 0. The maximum Gasteiger partial charge on any atom is 0.0371 e. The Balaban J connectivity index is 4.45. The Labute approximate surface area is 75.9 Å². The summed E-state index contributed by atoms with van der Waals surface area (Å²) in [7, 11) is 0. The summed E-state index contributed by atoms with van der Waals surface area (Å²) in [6, 6.07) is 0. The lowest BCUT2D eigenvalue weighted by Crippen LogP contribution is -2.06. The molecule has 0 bridgehead atoms. The first kappa shape index (κ1) is 11.2. The molecule has 0 atom stereocenters. The number of aliphatic imine (C=N–C) groups is 1. The first-order chi connectivity index (χ1) is 5.38. The monoisotopic (exact) mass is 165 g/mol. The smallest absolute Gasteiger partial charge is 0.0371 e. The topological polar surface area (TPSA) is 12.4 Å². The quantitative estimate of drug-likeness (QED) is 0.438. The molecule has 0 aromatic carbocycles. The molecule has 0 fully saturated rings. The molecule has 0 aromatic rings. The lowest BCUT2D eigenvalue weighted by atomic mass is 9.87. The molecule has 12 heavy (non-hydrogen) atoms. The van der Waals surface area contributed by atoms with Gasteiger partial charge in [-0.05, 0) is 30.9 Å². The van der Waals surface area contributed by atoms with Gasteiger partial charge in [0.1, 0.15) is 0 Å². The standard InChI is InChI=1S/C11H19N/c1-7-12-10(3)8-9(2)11(4,5)6/h7-8H,2H2,1,3-6H3/b10-8-,12-7-. The predicted molar refractivity (Wildman–Crippen MR) is 56.5 cm³/mol. The highest BCUT2D eigenvalue weighted by molar-refractivity contribution is 5.55. The SMILES string of the molecule is C=C(/C=C(C)\N=C/C)C(C)(C)C. The van der Waals surface area contributed by atoms with Crippen LogP contribution < -0.4 is 0 Å². The lowest BCUT2D eigenvalue weighted by molar-refractivity contribution is 0.518. The van der Waals surface area contributed by atoms with Crippen molar-refractivity contribution < 1.29 is 0 Å². The molecule has 0 saturated carbocycles. The number of allylic oxidation sites excluding steroid dienone is 3. The number of hydrogen-bond donors (Lipinski definition) is 0. The number of rotatable bonds is 2. The van der Waals surface area contributed by atoms with E-state index in [0.29, 0.717) is 0 Å². The molecule has 0 N–H and O–H groups in total. The highest BCUT2D eigenvalue weighted by Crippen LogP contribution is 2.25. The Morgan fingerprint density at radius 3 is 2.17 bits per heavy atom. The molecule has 1 nitrogen and oxygen atoms in total. The maximum atomic E-state index is 4.15. The Morgan fingerprint density at radius 2 is 1.83 bits per heavy atom. The second-order valence-electron chi connectivity index (χ2n) is 3.95. The first-order valence-corrected chi connectivity index (χ1v) is 4.24. The van der Waals surface area contributed by atoms with Crippen molar-refractivity contribution in [3.8, 4) is 0 Å². The van der Waals surface area contributed by atoms with Crippen LogP contribution in [0.15, 0.2) is 28.9 Å². The van der Waals surface area contributed by atoms with Crippen LogP contribution in [0.3, 0.4) is 0 Å². The van der Waals surface area contributed by atoms with Gasteiger partial charge in [0.05, 0.1) is 0 Å². The van der Waals surface area contributed by atoms with Gasteiger partial charge in [-0.1, -0.05) is 27.4 Å². The lowest BCUT2D eigenvalue weighted by Gasteiger charge is -2.18. The molecular weight excluding hydrogens is 146 g/mol. The summed E-state index contributed by atoms with van der Waals surface area (Å²) in [6.45, 7) is 14.3. The van der Waals surface area contributed by atoms with E-state index in [0.717, 1.165) is 11.3 Å². The summed E-state index contributed by atoms with van der Waals surface area (Å²) in [4.78, 5) is 4.15. The van der Waals surface area contributed by atoms with E-state index in [2.05, 4.69) is 32.3 Å². The van der Waals surface area contributed by atoms with Gasteiger partial charge in [-0.3, -0.25) is 4.99 Å². The van der Waals surface area contributed by atoms with E-state index in [4.69, 9.17) is 0 Å². The Kier molecular flexibility index (Phi) is 3.94. The van der Waals surface area contributed by atoms with Crippen LogP contribution in [-0.2, 0) is 0 Å². The molecule has 68 valence electrons. The molecule has 0 rings (SSSR count). The van der Waals surface area contributed by atoms with Crippen LogP contribution >= 0.6 is 0 Å². The van der Waals surface area contributed by atoms with Gasteiger partial charge < -0.3 is 0 Å². The van der Waals surface area contributed by atoms with Crippen molar-refractivity contribution >= 4 is 6.21 Å². The van der Waals surface area contributed by atoms with Gasteiger partial charge in [0.25, 0.3) is 0 Å². The fraction of sp³-hybridized carbons (Fsp3) is 0.545. The zero-order chi connectivity index (χ0) is 9.78. The average Bonchev–Trinajstić information content (AvgIpc) is 1.85. The van der Waals surface area contributed by atoms with E-state index in [1.54, 1.807) is 6.21 Å². The fourth-order valence-corrected chi connectivity index (χ4v) is 0.710. The van der Waals surface area contributed by atoms with Gasteiger partial charge in [-0.15, -0.1) is 0 Å². The van der Waals surface area contributed by atoms with Crippen LogP contribution in [0.25, 0.3) is 0 Å². The zero-order valence-electron chi connectivity index (χ0n) is 8.81. The molecule has 0 heterocycles. The Hall–Kier alpha value is -0.850. The van der Waals surface area contributed by atoms with Gasteiger partial charge in [0.15, 0.2) is 0 Å². The largest absolute Gasteiger partial charge is 0.266 e. The maximum absolute atomic E-state index is 4.15. The third-order valence-corrected chi connectivity index (χ3v) is 1.68. The van der Waals surface area contributed by atoms with E-state index in [1.807, 2.05) is 19.9 Å². The third-order valence-electron chi connectivity index (χ3n) is 1.68. The van der Waals surface area contributed by atoms with Gasteiger partial charge in [-0.25, -0.2) is 0 Å². The molecule has 0 aromatic heterocycles. The molecule has 0 spiro atoms. The normalized spacial score (nSPS) is 13.9. The van der Waals surface area contributed by atoms with Crippen LogP contribution in [-0.4, -0.2) is 6.21 Å². The van der Waals surface area contributed by atoms with Crippen molar-refractivity contribution in [2.45, 2.75) is 34.6 Å².